The number of nitrogens with two attached hydrogens (primary N) is 1. The highest BCUT2D eigenvalue weighted by molar-refractivity contribution is 5.68. The van der Waals surface area contributed by atoms with Crippen molar-refractivity contribution in [1.82, 2.24) is 0 Å². The number of nitrogen functional groups attached to an aromatic ring is 1. The largest absolute Gasteiger partial charge is 0.491 e. The zero-order valence-electron chi connectivity index (χ0n) is 10.3. The molecule has 0 amide bonds. The Balaban J connectivity index is 2.90. The number of halogens is 1. The Morgan fingerprint density at radius 2 is 2.29 bits per heavy atom. The van der Waals surface area contributed by atoms with Crippen molar-refractivity contribution < 1.29 is 9.13 Å². The summed E-state index contributed by atoms with van der Waals surface area (Å²) in [5.41, 5.74) is 6.81. The van der Waals surface area contributed by atoms with Crippen molar-refractivity contribution in [3.05, 3.63) is 30.6 Å². The highest BCUT2D eigenvalue weighted by Crippen LogP contribution is 2.28. The van der Waals surface area contributed by atoms with Crippen LogP contribution in [0.4, 0.5) is 15.8 Å². The van der Waals surface area contributed by atoms with E-state index in [0.29, 0.717) is 18.0 Å². The van der Waals surface area contributed by atoms with Crippen LogP contribution >= 0.6 is 0 Å². The molecule has 0 aliphatic heterocycles. The maximum Gasteiger partial charge on any atom is 0.167 e. The number of hydrogen-bond donors (Lipinski definition) is 2. The SMILES string of the molecule is C=CCC(C)Nc1cc(OCC)c(F)cc1N. The number of rotatable bonds is 6. The lowest BCUT2D eigenvalue weighted by Gasteiger charge is -2.16. The molecule has 1 atom stereocenters. The Labute approximate surface area is 101 Å². The van der Waals surface area contributed by atoms with Gasteiger partial charge in [0.05, 0.1) is 18.0 Å². The molecule has 0 aliphatic carbocycles. The summed E-state index contributed by atoms with van der Waals surface area (Å²) in [6.45, 7) is 7.90. The van der Waals surface area contributed by atoms with Gasteiger partial charge in [0.2, 0.25) is 0 Å². The third kappa shape index (κ3) is 3.66. The summed E-state index contributed by atoms with van der Waals surface area (Å²) in [5.74, 6) is -0.221. The molecular weight excluding hydrogens is 219 g/mol. The molecule has 0 heterocycles. The fourth-order valence-corrected chi connectivity index (χ4v) is 1.53. The summed E-state index contributed by atoms with van der Waals surface area (Å²) in [6, 6.07) is 3.05. The van der Waals surface area contributed by atoms with Gasteiger partial charge in [-0.2, -0.15) is 0 Å². The highest BCUT2D eigenvalue weighted by Gasteiger charge is 2.10. The van der Waals surface area contributed by atoms with Gasteiger partial charge in [0.25, 0.3) is 0 Å². The van der Waals surface area contributed by atoms with E-state index in [2.05, 4.69) is 11.9 Å². The fourth-order valence-electron chi connectivity index (χ4n) is 1.53. The Hall–Kier alpha value is -1.71. The second-order valence-corrected chi connectivity index (χ2v) is 3.87. The molecule has 1 rings (SSSR count). The van der Waals surface area contributed by atoms with Crippen LogP contribution < -0.4 is 15.8 Å². The van der Waals surface area contributed by atoms with Gasteiger partial charge >= 0.3 is 0 Å². The van der Waals surface area contributed by atoms with Crippen LogP contribution in [0.25, 0.3) is 0 Å². The van der Waals surface area contributed by atoms with E-state index in [0.717, 1.165) is 6.42 Å². The molecule has 1 unspecified atom stereocenters. The molecule has 0 aromatic heterocycles. The molecule has 0 fully saturated rings. The van der Waals surface area contributed by atoms with Crippen molar-refractivity contribution in [1.29, 1.82) is 0 Å². The molecule has 0 saturated heterocycles. The van der Waals surface area contributed by atoms with Crippen LogP contribution in [0.15, 0.2) is 24.8 Å². The first kappa shape index (κ1) is 13.4. The summed E-state index contributed by atoms with van der Waals surface area (Å²) < 4.78 is 18.6. The minimum Gasteiger partial charge on any atom is -0.491 e. The summed E-state index contributed by atoms with van der Waals surface area (Å²) in [7, 11) is 0. The maximum absolute atomic E-state index is 13.5. The van der Waals surface area contributed by atoms with Gasteiger partial charge in [0.1, 0.15) is 0 Å². The topological polar surface area (TPSA) is 47.3 Å². The minimum atomic E-state index is -0.439. The average molecular weight is 238 g/mol. The predicted octanol–water partition coefficient (Wildman–Crippen LogP) is 3.18. The zero-order valence-corrected chi connectivity index (χ0v) is 10.3. The van der Waals surface area contributed by atoms with Gasteiger partial charge in [-0.25, -0.2) is 4.39 Å². The standard InChI is InChI=1S/C13H19FN2O/c1-4-6-9(3)16-12-8-13(17-5-2)10(14)7-11(12)15/h4,7-9,16H,1,5-6,15H2,2-3H3. The molecule has 3 nitrogen and oxygen atoms in total. The van der Waals surface area contributed by atoms with Crippen LogP contribution in [0, 0.1) is 5.82 Å². The van der Waals surface area contributed by atoms with Crippen LogP contribution in [0.2, 0.25) is 0 Å². The Morgan fingerprint density at radius 3 is 2.88 bits per heavy atom. The fraction of sp³-hybridized carbons (Fsp3) is 0.385. The van der Waals surface area contributed by atoms with E-state index in [1.54, 1.807) is 6.07 Å². The number of anilines is 2. The first-order valence-corrected chi connectivity index (χ1v) is 5.67. The summed E-state index contributed by atoms with van der Waals surface area (Å²) >= 11 is 0. The van der Waals surface area contributed by atoms with Gasteiger partial charge in [0.15, 0.2) is 11.6 Å². The Morgan fingerprint density at radius 1 is 1.59 bits per heavy atom. The second-order valence-electron chi connectivity index (χ2n) is 3.87. The zero-order chi connectivity index (χ0) is 12.8. The molecule has 0 spiro atoms. The highest BCUT2D eigenvalue weighted by atomic mass is 19.1. The van der Waals surface area contributed by atoms with Gasteiger partial charge < -0.3 is 15.8 Å². The number of ether oxygens (including phenoxy) is 1. The molecule has 1 aromatic carbocycles. The van der Waals surface area contributed by atoms with Gasteiger partial charge in [-0.1, -0.05) is 6.08 Å². The average Bonchev–Trinajstić information content (AvgIpc) is 2.25. The molecule has 0 bridgehead atoms. The van der Waals surface area contributed by atoms with Gasteiger partial charge in [-0.05, 0) is 20.3 Å². The van der Waals surface area contributed by atoms with Crippen LogP contribution in [0.3, 0.4) is 0 Å². The van der Waals surface area contributed by atoms with Crippen molar-refractivity contribution in [3.8, 4) is 5.75 Å². The molecule has 0 saturated carbocycles. The van der Waals surface area contributed by atoms with Crippen LogP contribution in [-0.4, -0.2) is 12.6 Å². The summed E-state index contributed by atoms with van der Waals surface area (Å²) in [4.78, 5) is 0. The van der Waals surface area contributed by atoms with Gasteiger partial charge in [0, 0.05) is 18.2 Å². The van der Waals surface area contributed by atoms with E-state index in [1.165, 1.54) is 6.07 Å². The lowest BCUT2D eigenvalue weighted by atomic mass is 10.2. The van der Waals surface area contributed by atoms with Crippen molar-refractivity contribution in [2.24, 2.45) is 0 Å². The molecule has 0 aliphatic rings. The molecule has 1 aromatic rings. The second kappa shape index (κ2) is 6.13. The van der Waals surface area contributed by atoms with E-state index < -0.39 is 5.82 Å². The maximum atomic E-state index is 13.5. The number of nitrogens with one attached hydrogen (secondary N) is 1. The normalized spacial score (nSPS) is 11.9. The molecule has 94 valence electrons. The van der Waals surface area contributed by atoms with Crippen molar-refractivity contribution >= 4 is 11.4 Å². The van der Waals surface area contributed by atoms with Crippen LogP contribution in [0.5, 0.6) is 5.75 Å². The van der Waals surface area contributed by atoms with Crippen molar-refractivity contribution in [3.63, 3.8) is 0 Å². The third-order valence-corrected chi connectivity index (χ3v) is 2.33. The van der Waals surface area contributed by atoms with E-state index in [-0.39, 0.29) is 11.8 Å². The van der Waals surface area contributed by atoms with Crippen molar-refractivity contribution in [2.45, 2.75) is 26.3 Å². The van der Waals surface area contributed by atoms with Crippen LogP contribution in [-0.2, 0) is 0 Å². The van der Waals surface area contributed by atoms with Gasteiger partial charge in [-0.3, -0.25) is 0 Å². The summed E-state index contributed by atoms with van der Waals surface area (Å²) in [5, 5.41) is 3.19. The monoisotopic (exact) mass is 238 g/mol. The van der Waals surface area contributed by atoms with Crippen LogP contribution in [0.1, 0.15) is 20.3 Å². The van der Waals surface area contributed by atoms with Gasteiger partial charge in [-0.15, -0.1) is 6.58 Å². The molecular formula is C13H19FN2O. The molecule has 4 heteroatoms. The Kier molecular flexibility index (Phi) is 4.82. The lowest BCUT2D eigenvalue weighted by molar-refractivity contribution is 0.322. The smallest absolute Gasteiger partial charge is 0.167 e. The quantitative estimate of drug-likeness (QED) is 0.591. The van der Waals surface area contributed by atoms with E-state index in [1.807, 2.05) is 19.9 Å². The van der Waals surface area contributed by atoms with Crippen molar-refractivity contribution in [2.75, 3.05) is 17.7 Å². The molecule has 0 radical (unpaired) electrons. The lowest BCUT2D eigenvalue weighted by Crippen LogP contribution is -2.15. The van der Waals surface area contributed by atoms with E-state index >= 15 is 0 Å². The van der Waals surface area contributed by atoms with E-state index in [4.69, 9.17) is 10.5 Å². The predicted molar refractivity (Wildman–Crippen MR) is 69.9 cm³/mol. The minimum absolute atomic E-state index is 0.190. The molecule has 17 heavy (non-hydrogen) atoms. The summed E-state index contributed by atoms with van der Waals surface area (Å²) in [6.07, 6.45) is 2.63. The van der Waals surface area contributed by atoms with E-state index in [9.17, 15) is 4.39 Å². The first-order chi connectivity index (χ1) is 8.08. The third-order valence-electron chi connectivity index (χ3n) is 2.33. The number of hydrogen-bond acceptors (Lipinski definition) is 3. The number of benzene rings is 1. The molecule has 3 N–H and O–H groups in total. The first-order valence-electron chi connectivity index (χ1n) is 5.67. The Bertz CT molecular complexity index is 393.